The summed E-state index contributed by atoms with van der Waals surface area (Å²) in [4.78, 5) is 15.9. The van der Waals surface area contributed by atoms with E-state index in [9.17, 15) is 0 Å². The number of furan rings is 1. The molecule has 0 radical (unpaired) electrons. The fourth-order valence-corrected chi connectivity index (χ4v) is 7.86. The fourth-order valence-electron chi connectivity index (χ4n) is 7.86. The minimum absolute atomic E-state index is 0.614. The average Bonchev–Trinajstić information content (AvgIpc) is 3.72. The molecule has 11 aromatic rings. The zero-order chi connectivity index (χ0) is 31.3. The Morgan fingerprint density at radius 3 is 1.94 bits per heavy atom. The largest absolute Gasteiger partial charge is 0.454 e. The highest BCUT2D eigenvalue weighted by Gasteiger charge is 2.25. The molecule has 0 aliphatic carbocycles. The molecule has 4 aromatic heterocycles. The lowest BCUT2D eigenvalue weighted by atomic mass is 9.94. The Labute approximate surface area is 273 Å². The number of fused-ring (bicyclic) bond motifs is 16. The van der Waals surface area contributed by atoms with E-state index in [2.05, 4.69) is 120 Å². The van der Waals surface area contributed by atoms with Crippen molar-refractivity contribution < 1.29 is 4.42 Å². The lowest BCUT2D eigenvalue weighted by Crippen LogP contribution is -2.04. The molecule has 11 rings (SSSR count). The molecule has 0 bridgehead atoms. The molecule has 0 aliphatic heterocycles. The summed E-state index contributed by atoms with van der Waals surface area (Å²) >= 11 is 0. The number of benzene rings is 7. The summed E-state index contributed by atoms with van der Waals surface area (Å²) in [5.74, 6) is 0.614. The molecule has 0 aliphatic rings. The molecular formula is C43H24N4O. The Morgan fingerprint density at radius 1 is 0.458 bits per heavy atom. The van der Waals surface area contributed by atoms with Crippen LogP contribution in [0.15, 0.2) is 150 Å². The summed E-state index contributed by atoms with van der Waals surface area (Å²) in [6, 6.07) is 48.6. The van der Waals surface area contributed by atoms with E-state index in [-0.39, 0.29) is 0 Å². The van der Waals surface area contributed by atoms with Gasteiger partial charge in [0, 0.05) is 44.1 Å². The van der Waals surface area contributed by atoms with Crippen LogP contribution >= 0.6 is 0 Å². The van der Waals surface area contributed by atoms with Gasteiger partial charge in [0.05, 0.1) is 27.6 Å². The van der Waals surface area contributed by atoms with Crippen LogP contribution in [0.5, 0.6) is 0 Å². The van der Waals surface area contributed by atoms with E-state index >= 15 is 0 Å². The van der Waals surface area contributed by atoms with E-state index in [0.29, 0.717) is 5.95 Å². The van der Waals surface area contributed by atoms with Gasteiger partial charge in [-0.05, 0) is 34.4 Å². The number of para-hydroxylation sites is 2. The molecule has 5 heteroatoms. The van der Waals surface area contributed by atoms with Crippen molar-refractivity contribution in [2.45, 2.75) is 0 Å². The van der Waals surface area contributed by atoms with Gasteiger partial charge in [0.1, 0.15) is 11.1 Å². The van der Waals surface area contributed by atoms with Crippen LogP contribution in [0.3, 0.4) is 0 Å². The Bertz CT molecular complexity index is 3120. The average molecular weight is 613 g/mol. The first-order valence-electron chi connectivity index (χ1n) is 16.1. The monoisotopic (exact) mass is 612 g/mol. The number of nitrogens with zero attached hydrogens (tertiary/aromatic N) is 4. The van der Waals surface area contributed by atoms with Crippen LogP contribution < -0.4 is 0 Å². The fraction of sp³-hybridized carbons (Fsp3) is 0. The molecule has 7 aromatic carbocycles. The molecule has 0 fully saturated rings. The lowest BCUT2D eigenvalue weighted by Gasteiger charge is -2.16. The summed E-state index contributed by atoms with van der Waals surface area (Å²) in [5.41, 5.74) is 7.35. The van der Waals surface area contributed by atoms with E-state index in [0.717, 1.165) is 87.6 Å². The molecule has 0 unspecified atom stereocenters. The maximum atomic E-state index is 6.61. The summed E-state index contributed by atoms with van der Waals surface area (Å²) in [7, 11) is 0. The molecule has 0 amide bonds. The Morgan fingerprint density at radius 2 is 1.10 bits per heavy atom. The highest BCUT2D eigenvalue weighted by Crippen LogP contribution is 2.46. The molecule has 0 atom stereocenters. The molecule has 0 saturated heterocycles. The smallest absolute Gasteiger partial charge is 0.235 e. The van der Waals surface area contributed by atoms with Crippen molar-refractivity contribution in [1.29, 1.82) is 0 Å². The van der Waals surface area contributed by atoms with Gasteiger partial charge in [0.2, 0.25) is 5.95 Å². The van der Waals surface area contributed by atoms with Gasteiger partial charge in [-0.15, -0.1) is 0 Å². The molecule has 0 N–H and O–H groups in total. The number of hydrogen-bond donors (Lipinski definition) is 0. The number of aromatic nitrogens is 4. The van der Waals surface area contributed by atoms with Gasteiger partial charge in [-0.25, -0.2) is 9.97 Å². The summed E-state index contributed by atoms with van der Waals surface area (Å²) in [6.45, 7) is 0. The summed E-state index contributed by atoms with van der Waals surface area (Å²) < 4.78 is 8.86. The maximum absolute atomic E-state index is 6.61. The van der Waals surface area contributed by atoms with Crippen molar-refractivity contribution in [3.05, 3.63) is 146 Å². The van der Waals surface area contributed by atoms with E-state index < -0.39 is 0 Å². The number of pyridine rings is 1. The van der Waals surface area contributed by atoms with Crippen molar-refractivity contribution in [3.8, 4) is 17.2 Å². The van der Waals surface area contributed by atoms with E-state index in [1.165, 1.54) is 10.8 Å². The first-order chi connectivity index (χ1) is 23.8. The molecule has 48 heavy (non-hydrogen) atoms. The molecule has 222 valence electrons. The van der Waals surface area contributed by atoms with Gasteiger partial charge in [0.15, 0.2) is 5.58 Å². The zero-order valence-corrected chi connectivity index (χ0v) is 25.6. The molecular weight excluding hydrogens is 589 g/mol. The predicted octanol–water partition coefficient (Wildman–Crippen LogP) is 11.1. The summed E-state index contributed by atoms with van der Waals surface area (Å²) in [6.07, 6.45) is 1.84. The van der Waals surface area contributed by atoms with Crippen molar-refractivity contribution in [3.63, 3.8) is 0 Å². The van der Waals surface area contributed by atoms with Crippen molar-refractivity contribution in [1.82, 2.24) is 19.5 Å². The Hall–Kier alpha value is -6.59. The van der Waals surface area contributed by atoms with Gasteiger partial charge in [-0.1, -0.05) is 121 Å². The third-order valence-corrected chi connectivity index (χ3v) is 9.81. The quantitative estimate of drug-likeness (QED) is 0.182. The lowest BCUT2D eigenvalue weighted by molar-refractivity contribution is 0.672. The molecule has 0 saturated carbocycles. The first-order valence-corrected chi connectivity index (χ1v) is 16.1. The van der Waals surface area contributed by atoms with Crippen LogP contribution in [0.4, 0.5) is 0 Å². The van der Waals surface area contributed by atoms with Crippen LogP contribution in [-0.4, -0.2) is 19.5 Å². The molecule has 4 heterocycles. The second kappa shape index (κ2) is 9.47. The van der Waals surface area contributed by atoms with Crippen LogP contribution in [0.1, 0.15) is 0 Å². The Kier molecular flexibility index (Phi) is 5.05. The highest BCUT2D eigenvalue weighted by atomic mass is 16.3. The molecule has 5 nitrogen and oxygen atoms in total. The third-order valence-electron chi connectivity index (χ3n) is 9.81. The van der Waals surface area contributed by atoms with Gasteiger partial charge >= 0.3 is 0 Å². The van der Waals surface area contributed by atoms with Gasteiger partial charge < -0.3 is 4.42 Å². The predicted molar refractivity (Wildman–Crippen MR) is 197 cm³/mol. The summed E-state index contributed by atoms with van der Waals surface area (Å²) in [5, 5.41) is 11.0. The standard InChI is InChI=1S/C43H24N4O/c1-2-13-25(14-3-1)38-36-28-17-6-4-15-26(28)27-16-5-7-18-29(27)39(36)46-43(45-38)47-33-22-10-8-19-30(33)35-32-21-12-24-44-40(32)42-37(41(35)47)31-20-9-11-23-34(31)48-42/h1-24H. The SMILES string of the molecule is c1ccc(-c2nc(-n3c4ccccc4c4c5cccnc5c5oc6ccccc6c5c43)nc3c4ccccc4c4ccccc4c23)cc1. The Balaban J connectivity index is 1.42. The second-order valence-corrected chi connectivity index (χ2v) is 12.3. The van der Waals surface area contributed by atoms with Crippen molar-refractivity contribution in [2.24, 2.45) is 0 Å². The van der Waals surface area contributed by atoms with E-state index in [1.807, 2.05) is 30.5 Å². The van der Waals surface area contributed by atoms with E-state index in [1.54, 1.807) is 0 Å². The highest BCUT2D eigenvalue weighted by molar-refractivity contribution is 6.35. The normalized spacial score (nSPS) is 12.2. The number of rotatable bonds is 2. The minimum atomic E-state index is 0.614. The van der Waals surface area contributed by atoms with Crippen LogP contribution in [0, 0.1) is 0 Å². The van der Waals surface area contributed by atoms with E-state index in [4.69, 9.17) is 19.4 Å². The number of hydrogen-bond acceptors (Lipinski definition) is 4. The maximum Gasteiger partial charge on any atom is 0.235 e. The van der Waals surface area contributed by atoms with Crippen molar-refractivity contribution in [2.75, 3.05) is 0 Å². The van der Waals surface area contributed by atoms with Crippen LogP contribution in [0.25, 0.3) is 104 Å². The van der Waals surface area contributed by atoms with Crippen molar-refractivity contribution >= 4 is 87.1 Å². The van der Waals surface area contributed by atoms with Gasteiger partial charge in [-0.2, -0.15) is 0 Å². The topological polar surface area (TPSA) is 56.7 Å². The zero-order valence-electron chi connectivity index (χ0n) is 25.6. The third kappa shape index (κ3) is 3.32. The second-order valence-electron chi connectivity index (χ2n) is 12.3. The van der Waals surface area contributed by atoms with Gasteiger partial charge in [-0.3, -0.25) is 9.55 Å². The first kappa shape index (κ1) is 25.6. The van der Waals surface area contributed by atoms with Crippen LogP contribution in [0.2, 0.25) is 0 Å². The van der Waals surface area contributed by atoms with Crippen LogP contribution in [-0.2, 0) is 0 Å². The minimum Gasteiger partial charge on any atom is -0.454 e. The molecule has 0 spiro atoms. The van der Waals surface area contributed by atoms with Gasteiger partial charge in [0.25, 0.3) is 0 Å².